The molecule has 200 valence electrons. The van der Waals surface area contributed by atoms with Crippen molar-refractivity contribution in [3.05, 3.63) is 82.8 Å². The number of amidine groups is 1. The number of amides is 1. The molecule has 0 unspecified atom stereocenters. The Hall–Kier alpha value is -4.53. The number of aryl methyl sites for hydroxylation is 2. The maximum absolute atomic E-state index is 13.3. The molecule has 2 aromatic carbocycles. The summed E-state index contributed by atoms with van der Waals surface area (Å²) >= 11 is 0. The van der Waals surface area contributed by atoms with E-state index in [1.54, 1.807) is 18.7 Å². The lowest BCUT2D eigenvalue weighted by Gasteiger charge is -2.22. The molecule has 0 bridgehead atoms. The van der Waals surface area contributed by atoms with Crippen LogP contribution in [0.5, 0.6) is 0 Å². The monoisotopic (exact) mass is 523 g/mol. The van der Waals surface area contributed by atoms with Gasteiger partial charge in [-0.2, -0.15) is 5.10 Å². The Kier molecular flexibility index (Phi) is 7.67. The Morgan fingerprint density at radius 2 is 1.82 bits per heavy atom. The summed E-state index contributed by atoms with van der Waals surface area (Å²) in [4.78, 5) is 36.9. The molecule has 0 radical (unpaired) electrons. The van der Waals surface area contributed by atoms with Crippen molar-refractivity contribution in [2.75, 3.05) is 13.1 Å². The quantitative estimate of drug-likeness (QED) is 0.350. The molecule has 3 heterocycles. The summed E-state index contributed by atoms with van der Waals surface area (Å²) in [5, 5.41) is 5.78. The minimum Gasteiger partial charge on any atom is -0.387 e. The third-order valence-electron chi connectivity index (χ3n) is 6.86. The van der Waals surface area contributed by atoms with Crippen molar-refractivity contribution in [2.45, 2.75) is 46.2 Å². The fraction of sp³-hybridized carbons (Fsp3) is 0.300. The molecule has 39 heavy (non-hydrogen) atoms. The maximum atomic E-state index is 13.3. The lowest BCUT2D eigenvalue weighted by Crippen LogP contribution is -2.34. The topological polar surface area (TPSA) is 111 Å². The second-order valence-corrected chi connectivity index (χ2v) is 9.79. The molecule has 0 saturated carbocycles. The van der Waals surface area contributed by atoms with Crippen molar-refractivity contribution in [3.63, 3.8) is 0 Å². The Labute approximate surface area is 227 Å². The van der Waals surface area contributed by atoms with Crippen molar-refractivity contribution >= 4 is 34.3 Å². The van der Waals surface area contributed by atoms with E-state index in [1.165, 1.54) is 4.68 Å². The van der Waals surface area contributed by atoms with E-state index in [1.807, 2.05) is 58.1 Å². The standard InChI is InChI=1S/C30H33N7O2/c1-3-10-36(11-4-2)29(38)24-16-23-6-5-22(17-27(23)34-28(31)18-24)21-7-8-26-25(15-21)19-33-37(30(26)39)14-13-35-12-9-32-20-35/h5-9,12,15-17,19-20H,3-4,10-11,13-14,18H2,1-2H3,(H2,31,34). The molecule has 0 atom stereocenters. The van der Waals surface area contributed by atoms with Gasteiger partial charge in [0.25, 0.3) is 5.56 Å². The summed E-state index contributed by atoms with van der Waals surface area (Å²) in [6, 6.07) is 11.7. The number of fused-ring (bicyclic) bond motifs is 2. The van der Waals surface area contributed by atoms with E-state index in [9.17, 15) is 9.59 Å². The third-order valence-corrected chi connectivity index (χ3v) is 6.86. The zero-order chi connectivity index (χ0) is 27.4. The Morgan fingerprint density at radius 1 is 1.05 bits per heavy atom. The van der Waals surface area contributed by atoms with E-state index in [0.29, 0.717) is 36.3 Å². The van der Waals surface area contributed by atoms with Gasteiger partial charge >= 0.3 is 0 Å². The highest BCUT2D eigenvalue weighted by molar-refractivity contribution is 6.05. The van der Waals surface area contributed by atoms with Crippen molar-refractivity contribution in [2.24, 2.45) is 10.7 Å². The zero-order valence-electron chi connectivity index (χ0n) is 22.4. The van der Waals surface area contributed by atoms with Crippen LogP contribution in [-0.4, -0.2) is 49.1 Å². The molecular weight excluding hydrogens is 490 g/mol. The molecule has 5 rings (SSSR count). The highest BCUT2D eigenvalue weighted by Crippen LogP contribution is 2.33. The molecule has 2 aromatic heterocycles. The van der Waals surface area contributed by atoms with Crippen LogP contribution in [0.3, 0.4) is 0 Å². The zero-order valence-corrected chi connectivity index (χ0v) is 22.4. The van der Waals surface area contributed by atoms with Crippen LogP contribution < -0.4 is 11.3 Å². The van der Waals surface area contributed by atoms with E-state index in [-0.39, 0.29) is 11.5 Å². The molecule has 1 aliphatic heterocycles. The SMILES string of the molecule is CCCN(CCC)C(=O)C1=Cc2ccc(-c3ccc4c(=O)n(CCn5ccnc5)ncc4c3)cc2N=C(N)C1. The van der Waals surface area contributed by atoms with E-state index in [0.717, 1.165) is 53.7 Å². The highest BCUT2D eigenvalue weighted by atomic mass is 16.2. The Bertz CT molecular complexity index is 1610. The van der Waals surface area contributed by atoms with Crippen molar-refractivity contribution in [1.29, 1.82) is 0 Å². The molecule has 0 aliphatic carbocycles. The Balaban J connectivity index is 1.43. The van der Waals surface area contributed by atoms with Gasteiger partial charge in [0.1, 0.15) is 5.84 Å². The van der Waals surface area contributed by atoms with Gasteiger partial charge in [-0.25, -0.2) is 14.7 Å². The number of hydrogen-bond acceptors (Lipinski definition) is 6. The number of carbonyl (C=O) groups excluding carboxylic acids is 1. The number of hydrogen-bond donors (Lipinski definition) is 1. The summed E-state index contributed by atoms with van der Waals surface area (Å²) in [6.45, 7) is 6.67. The van der Waals surface area contributed by atoms with Crippen molar-refractivity contribution in [1.82, 2.24) is 24.2 Å². The second-order valence-electron chi connectivity index (χ2n) is 9.79. The number of aliphatic imine (C=N–C) groups is 1. The normalized spacial score (nSPS) is 13.0. The van der Waals surface area contributed by atoms with Gasteiger partial charge in [0, 0.05) is 55.0 Å². The van der Waals surface area contributed by atoms with Gasteiger partial charge in [0.2, 0.25) is 5.91 Å². The number of nitrogens with two attached hydrogens (primary N) is 1. The van der Waals surface area contributed by atoms with Gasteiger partial charge in [0.15, 0.2) is 0 Å². The van der Waals surface area contributed by atoms with E-state index >= 15 is 0 Å². The van der Waals surface area contributed by atoms with Gasteiger partial charge in [-0.05, 0) is 48.2 Å². The van der Waals surface area contributed by atoms with Crippen LogP contribution in [0.25, 0.3) is 28.0 Å². The second kappa shape index (κ2) is 11.5. The first-order valence-corrected chi connectivity index (χ1v) is 13.4. The minimum absolute atomic E-state index is 0.0199. The lowest BCUT2D eigenvalue weighted by atomic mass is 9.99. The van der Waals surface area contributed by atoms with Gasteiger partial charge in [-0.15, -0.1) is 0 Å². The molecule has 0 spiro atoms. The van der Waals surface area contributed by atoms with Gasteiger partial charge in [-0.3, -0.25) is 9.59 Å². The first-order valence-electron chi connectivity index (χ1n) is 13.4. The fourth-order valence-corrected chi connectivity index (χ4v) is 4.92. The average Bonchev–Trinajstić information content (AvgIpc) is 3.40. The van der Waals surface area contributed by atoms with Crippen molar-refractivity contribution in [3.8, 4) is 11.1 Å². The average molecular weight is 524 g/mol. The third kappa shape index (κ3) is 5.67. The number of rotatable bonds is 9. The van der Waals surface area contributed by atoms with Crippen LogP contribution in [0.4, 0.5) is 5.69 Å². The molecule has 1 aliphatic rings. The summed E-state index contributed by atoms with van der Waals surface area (Å²) in [6.07, 6.45) is 11.1. The van der Waals surface area contributed by atoms with Gasteiger partial charge < -0.3 is 15.2 Å². The number of carbonyl (C=O) groups is 1. The summed E-state index contributed by atoms with van der Waals surface area (Å²) in [7, 11) is 0. The molecule has 4 aromatic rings. The summed E-state index contributed by atoms with van der Waals surface area (Å²) in [5.74, 6) is 0.434. The van der Waals surface area contributed by atoms with Crippen LogP contribution in [0.1, 0.15) is 38.7 Å². The number of aromatic nitrogens is 4. The largest absolute Gasteiger partial charge is 0.387 e. The molecule has 0 saturated heterocycles. The van der Waals surface area contributed by atoms with Gasteiger partial charge in [0.05, 0.1) is 30.1 Å². The first kappa shape index (κ1) is 26.1. The molecule has 9 heteroatoms. The van der Waals surface area contributed by atoms with Crippen LogP contribution >= 0.6 is 0 Å². The van der Waals surface area contributed by atoms with E-state index in [4.69, 9.17) is 5.73 Å². The molecule has 2 N–H and O–H groups in total. The van der Waals surface area contributed by atoms with Crippen LogP contribution in [-0.2, 0) is 17.9 Å². The van der Waals surface area contributed by atoms with Crippen LogP contribution in [0, 0.1) is 0 Å². The molecule has 1 amide bonds. The van der Waals surface area contributed by atoms with Crippen LogP contribution in [0.15, 0.2) is 76.7 Å². The lowest BCUT2D eigenvalue weighted by molar-refractivity contribution is -0.127. The highest BCUT2D eigenvalue weighted by Gasteiger charge is 2.21. The fourth-order valence-electron chi connectivity index (χ4n) is 4.92. The minimum atomic E-state index is -0.124. The number of nitrogens with zero attached hydrogens (tertiary/aromatic N) is 6. The maximum Gasteiger partial charge on any atom is 0.274 e. The first-order chi connectivity index (χ1) is 19.0. The van der Waals surface area contributed by atoms with E-state index < -0.39 is 0 Å². The smallest absolute Gasteiger partial charge is 0.274 e. The number of benzene rings is 2. The predicted octanol–water partition coefficient (Wildman–Crippen LogP) is 4.38. The van der Waals surface area contributed by atoms with E-state index in [2.05, 4.69) is 28.9 Å². The van der Waals surface area contributed by atoms with Crippen molar-refractivity contribution < 1.29 is 4.79 Å². The molecular formula is C30H33N7O2. The predicted molar refractivity (Wildman–Crippen MR) is 155 cm³/mol. The van der Waals surface area contributed by atoms with Crippen LogP contribution in [0.2, 0.25) is 0 Å². The molecule has 9 nitrogen and oxygen atoms in total. The summed E-state index contributed by atoms with van der Waals surface area (Å²) in [5.41, 5.74) is 10.3. The Morgan fingerprint density at radius 3 is 2.56 bits per heavy atom. The van der Waals surface area contributed by atoms with Gasteiger partial charge in [-0.1, -0.05) is 32.0 Å². The molecule has 0 fully saturated rings. The summed E-state index contributed by atoms with van der Waals surface area (Å²) < 4.78 is 3.39. The number of imidazole rings is 1.